The van der Waals surface area contributed by atoms with Crippen molar-refractivity contribution in [1.29, 1.82) is 0 Å². The highest BCUT2D eigenvalue weighted by molar-refractivity contribution is 7.92. The van der Waals surface area contributed by atoms with Crippen molar-refractivity contribution in [2.24, 2.45) is 5.92 Å². The molecule has 2 aromatic rings. The van der Waals surface area contributed by atoms with Crippen LogP contribution in [-0.4, -0.2) is 57.5 Å². The summed E-state index contributed by atoms with van der Waals surface area (Å²) in [5, 5.41) is 9.68. The van der Waals surface area contributed by atoms with Gasteiger partial charge in [0.1, 0.15) is 0 Å². The summed E-state index contributed by atoms with van der Waals surface area (Å²) < 4.78 is 45.1. The molecule has 1 fully saturated rings. The van der Waals surface area contributed by atoms with Crippen LogP contribution in [0.5, 0.6) is 5.75 Å². The molecule has 2 N–H and O–H groups in total. The van der Waals surface area contributed by atoms with Gasteiger partial charge in [0.25, 0.3) is 10.0 Å². The van der Waals surface area contributed by atoms with Gasteiger partial charge in [-0.25, -0.2) is 9.78 Å². The lowest BCUT2D eigenvalue weighted by molar-refractivity contribution is 0.0480. The van der Waals surface area contributed by atoms with Gasteiger partial charge >= 0.3 is 5.97 Å². The molecule has 0 saturated carbocycles. The van der Waals surface area contributed by atoms with Crippen molar-refractivity contribution in [3.05, 3.63) is 47.2 Å². The molecule has 0 radical (unpaired) electrons. The van der Waals surface area contributed by atoms with Gasteiger partial charge < -0.3 is 19.3 Å². The van der Waals surface area contributed by atoms with Crippen molar-refractivity contribution in [2.75, 3.05) is 31.7 Å². The average molecular weight is 521 g/mol. The number of hydrogen-bond acceptors (Lipinski definition) is 8. The highest BCUT2D eigenvalue weighted by Crippen LogP contribution is 2.26. The number of esters is 1. The molecule has 1 unspecified atom stereocenters. The maximum Gasteiger partial charge on any atom is 0.360 e. The third-order valence-electron chi connectivity index (χ3n) is 6.34. The third-order valence-corrected chi connectivity index (χ3v) is 7.61. The van der Waals surface area contributed by atoms with E-state index in [1.165, 1.54) is 19.2 Å². The second-order valence-electron chi connectivity index (χ2n) is 8.91. The number of nitrogens with zero attached hydrogens (tertiary/aromatic N) is 1. The minimum absolute atomic E-state index is 0.175. The quantitative estimate of drug-likeness (QED) is 0.406. The van der Waals surface area contributed by atoms with Gasteiger partial charge in [-0.15, -0.1) is 0 Å². The van der Waals surface area contributed by atoms with Crippen LogP contribution in [-0.2, 0) is 32.3 Å². The molecule has 1 aromatic carbocycles. The Balaban J connectivity index is 1.85. The highest BCUT2D eigenvalue weighted by Gasteiger charge is 2.24. The second-order valence-corrected chi connectivity index (χ2v) is 10.5. The maximum absolute atomic E-state index is 13.3. The monoisotopic (exact) mass is 520 g/mol. The van der Waals surface area contributed by atoms with Gasteiger partial charge in [-0.2, -0.15) is 8.42 Å². The summed E-state index contributed by atoms with van der Waals surface area (Å²) in [5.41, 5.74) is 2.07. The Bertz CT molecular complexity index is 1130. The molecule has 9 nitrogen and oxygen atoms in total. The first-order valence-corrected chi connectivity index (χ1v) is 13.9. The van der Waals surface area contributed by atoms with Crippen molar-refractivity contribution >= 4 is 21.7 Å². The molecule has 36 heavy (non-hydrogen) atoms. The summed E-state index contributed by atoms with van der Waals surface area (Å²) in [6.07, 6.45) is 3.70. The lowest BCUT2D eigenvalue weighted by Gasteiger charge is -2.22. The molecule has 0 aliphatic carbocycles. The number of nitrogens with one attached hydrogen (secondary N) is 1. The summed E-state index contributed by atoms with van der Waals surface area (Å²) in [4.78, 5) is 16.5. The number of anilines is 1. The molecule has 198 valence electrons. The van der Waals surface area contributed by atoms with E-state index >= 15 is 0 Å². The fourth-order valence-corrected chi connectivity index (χ4v) is 5.01. The van der Waals surface area contributed by atoms with Crippen LogP contribution >= 0.6 is 0 Å². The number of aliphatic hydroxyl groups is 1. The molecular formula is C26H36N2O7S. The molecule has 0 bridgehead atoms. The Hall–Kier alpha value is -2.69. The van der Waals surface area contributed by atoms with Crippen LogP contribution < -0.4 is 9.46 Å². The lowest BCUT2D eigenvalue weighted by atomic mass is 10.0. The third kappa shape index (κ3) is 7.41. The number of aryl methyl sites for hydroxylation is 2. The Kier molecular flexibility index (Phi) is 10.1. The smallest absolute Gasteiger partial charge is 0.360 e. The predicted octanol–water partition coefficient (Wildman–Crippen LogP) is 3.74. The van der Waals surface area contributed by atoms with Crippen LogP contribution in [0.2, 0.25) is 0 Å². The van der Waals surface area contributed by atoms with E-state index in [0.29, 0.717) is 44.8 Å². The van der Waals surface area contributed by atoms with Crippen LogP contribution in [0.4, 0.5) is 5.69 Å². The number of pyridine rings is 1. The van der Waals surface area contributed by atoms with E-state index in [0.717, 1.165) is 30.4 Å². The van der Waals surface area contributed by atoms with Gasteiger partial charge in [0.15, 0.2) is 16.5 Å². The van der Waals surface area contributed by atoms with Gasteiger partial charge in [0, 0.05) is 13.2 Å². The molecule has 1 aliphatic heterocycles. The highest BCUT2D eigenvalue weighted by atomic mass is 32.2. The first kappa shape index (κ1) is 27.9. The number of hydrogen-bond donors (Lipinski definition) is 2. The lowest BCUT2D eigenvalue weighted by Crippen LogP contribution is -2.23. The number of aromatic nitrogens is 1. The zero-order valence-corrected chi connectivity index (χ0v) is 22.0. The number of methoxy groups -OCH3 is 1. The molecule has 3 rings (SSSR count). The van der Waals surface area contributed by atoms with Gasteiger partial charge in [0.05, 0.1) is 25.5 Å². The van der Waals surface area contributed by atoms with Crippen molar-refractivity contribution < 1.29 is 32.5 Å². The number of carbonyl (C=O) groups is 1. The van der Waals surface area contributed by atoms with Gasteiger partial charge in [-0.05, 0) is 73.8 Å². The first-order valence-electron chi connectivity index (χ1n) is 12.4. The number of sulfonamides is 1. The van der Waals surface area contributed by atoms with Gasteiger partial charge in [-0.3, -0.25) is 4.72 Å². The Morgan fingerprint density at radius 1 is 1.22 bits per heavy atom. The van der Waals surface area contributed by atoms with E-state index in [4.69, 9.17) is 14.2 Å². The van der Waals surface area contributed by atoms with E-state index in [2.05, 4.69) is 9.71 Å². The van der Waals surface area contributed by atoms with Gasteiger partial charge in [0.2, 0.25) is 0 Å². The fraction of sp³-hybridized carbons (Fsp3) is 0.538. The van der Waals surface area contributed by atoms with Gasteiger partial charge in [-0.1, -0.05) is 26.0 Å². The summed E-state index contributed by atoms with van der Waals surface area (Å²) in [6, 6.07) is 8.27. The fourth-order valence-electron chi connectivity index (χ4n) is 3.95. The first-order chi connectivity index (χ1) is 17.3. The SMILES string of the molecule is CCc1ccc(NS(=O)(=O)c2ccc(OCC3CCOCC3)c(C(=O)OC)n2)c(CCC(O)CC)c1. The maximum atomic E-state index is 13.3. The van der Waals surface area contributed by atoms with E-state index in [1.54, 1.807) is 6.07 Å². The minimum atomic E-state index is -4.12. The molecule has 0 spiro atoms. The van der Waals surface area contributed by atoms with Crippen LogP contribution in [0.1, 0.15) is 61.1 Å². The van der Waals surface area contributed by atoms with E-state index in [1.807, 2.05) is 26.0 Å². The average Bonchev–Trinajstić information content (AvgIpc) is 2.90. The van der Waals surface area contributed by atoms with Crippen molar-refractivity contribution in [1.82, 2.24) is 4.98 Å². The molecular weight excluding hydrogens is 484 g/mol. The van der Waals surface area contributed by atoms with Crippen molar-refractivity contribution in [3.8, 4) is 5.75 Å². The number of benzene rings is 1. The van der Waals surface area contributed by atoms with E-state index in [-0.39, 0.29) is 22.4 Å². The molecule has 0 amide bonds. The molecule has 10 heteroatoms. The summed E-state index contributed by atoms with van der Waals surface area (Å²) in [5.74, 6) is -0.325. The van der Waals surface area contributed by atoms with Crippen molar-refractivity contribution in [3.63, 3.8) is 0 Å². The Labute approximate surface area is 213 Å². The van der Waals surface area contributed by atoms with Crippen LogP contribution in [0.3, 0.4) is 0 Å². The zero-order valence-electron chi connectivity index (χ0n) is 21.2. The largest absolute Gasteiger partial charge is 0.491 e. The Morgan fingerprint density at radius 2 is 1.97 bits per heavy atom. The molecule has 2 heterocycles. The number of aliphatic hydroxyl groups excluding tert-OH is 1. The van der Waals surface area contributed by atoms with Crippen LogP contribution in [0.25, 0.3) is 0 Å². The minimum Gasteiger partial charge on any atom is -0.491 e. The zero-order chi connectivity index (χ0) is 26.1. The number of rotatable bonds is 12. The van der Waals surface area contributed by atoms with Crippen molar-refractivity contribution in [2.45, 2.75) is 63.5 Å². The molecule has 1 aliphatic rings. The number of ether oxygens (including phenoxy) is 3. The Morgan fingerprint density at radius 3 is 2.64 bits per heavy atom. The van der Waals surface area contributed by atoms with E-state index in [9.17, 15) is 18.3 Å². The normalized spacial score (nSPS) is 15.3. The summed E-state index contributed by atoms with van der Waals surface area (Å²) in [6.45, 7) is 5.62. The molecule has 1 saturated heterocycles. The van der Waals surface area contributed by atoms with Crippen LogP contribution in [0, 0.1) is 5.92 Å². The summed E-state index contributed by atoms with van der Waals surface area (Å²) >= 11 is 0. The van der Waals surface area contributed by atoms with Crippen LogP contribution in [0.15, 0.2) is 35.4 Å². The molecule has 1 atom stereocenters. The predicted molar refractivity (Wildman–Crippen MR) is 136 cm³/mol. The summed E-state index contributed by atoms with van der Waals surface area (Å²) in [7, 11) is -2.91. The second kappa shape index (κ2) is 13.0. The van der Waals surface area contributed by atoms with E-state index < -0.39 is 22.1 Å². The number of carbonyl (C=O) groups excluding carboxylic acids is 1. The topological polar surface area (TPSA) is 124 Å². The standard InChI is InChI=1S/C26H36N2O7S/c1-4-18-6-9-22(20(16-18)7-8-21(29)5-2)28-36(31,32)24-11-10-23(25(27-24)26(30)33-3)35-17-19-12-14-34-15-13-19/h6,9-11,16,19,21,28-29H,4-5,7-8,12-15,17H2,1-3H3. The molecule has 1 aromatic heterocycles.